The lowest BCUT2D eigenvalue weighted by Gasteiger charge is -2.17. The number of aromatic nitrogens is 3. The van der Waals surface area contributed by atoms with Gasteiger partial charge in [-0.2, -0.15) is 33.8 Å². The number of thiazole rings is 1. The van der Waals surface area contributed by atoms with Gasteiger partial charge >= 0.3 is 6.18 Å². The fourth-order valence-electron chi connectivity index (χ4n) is 2.53. The van der Waals surface area contributed by atoms with Gasteiger partial charge in [-0.05, 0) is 6.08 Å². The number of allylic oxidation sites excluding steroid dienone is 4. The Morgan fingerprint density at radius 3 is 2.82 bits per heavy atom. The first-order valence-corrected chi connectivity index (χ1v) is 9.93. The molecule has 0 bridgehead atoms. The molecule has 0 radical (unpaired) electrons. The van der Waals surface area contributed by atoms with E-state index in [2.05, 4.69) is 42.0 Å². The molecule has 0 aliphatic carbocycles. The summed E-state index contributed by atoms with van der Waals surface area (Å²) >= 11 is 1.13. The van der Waals surface area contributed by atoms with Crippen LogP contribution in [-0.4, -0.2) is 50.6 Å². The predicted octanol–water partition coefficient (Wildman–Crippen LogP) is 2.90. The second kappa shape index (κ2) is 10.3. The van der Waals surface area contributed by atoms with Gasteiger partial charge in [0.25, 0.3) is 0 Å². The maximum absolute atomic E-state index is 14.0. The molecule has 3 rings (SSSR count). The SMILES string of the molecule is C=C(NC1=CC(C#N)=CN(/N=C\C=N)N=C1)C(=CN)C(=Nc1ncnc2scnc12)C(F)(F)F. The topological polar surface area (TPSA) is 165 Å². The summed E-state index contributed by atoms with van der Waals surface area (Å²) < 4.78 is 41.9. The highest BCUT2D eigenvalue weighted by Gasteiger charge is 2.39. The summed E-state index contributed by atoms with van der Waals surface area (Å²) in [7, 11) is 0. The maximum Gasteiger partial charge on any atom is 0.434 e. The van der Waals surface area contributed by atoms with Gasteiger partial charge < -0.3 is 16.5 Å². The second-order valence-electron chi connectivity index (χ2n) is 6.14. The molecule has 15 heteroatoms. The number of nitriles is 1. The first-order valence-electron chi connectivity index (χ1n) is 9.05. The zero-order valence-corrected chi connectivity index (χ0v) is 17.8. The Morgan fingerprint density at radius 2 is 2.15 bits per heavy atom. The molecular weight excluding hydrogens is 471 g/mol. The molecule has 1 aliphatic heterocycles. The Labute approximate surface area is 194 Å². The lowest BCUT2D eigenvalue weighted by Crippen LogP contribution is -2.30. The Kier molecular flexibility index (Phi) is 7.23. The fraction of sp³-hybridized carbons (Fsp3) is 0.0526. The molecular formula is C19H14F3N11S. The molecule has 4 N–H and O–H groups in total. The summed E-state index contributed by atoms with van der Waals surface area (Å²) in [5.74, 6) is -0.282. The number of rotatable bonds is 7. The van der Waals surface area contributed by atoms with E-state index >= 15 is 0 Å². The quantitative estimate of drug-likeness (QED) is 0.401. The number of nitrogens with one attached hydrogen (secondary N) is 2. The van der Waals surface area contributed by atoms with Crippen LogP contribution in [0.5, 0.6) is 0 Å². The summed E-state index contributed by atoms with van der Waals surface area (Å²) in [5.41, 5.74) is 5.06. The van der Waals surface area contributed by atoms with Crippen LogP contribution in [-0.2, 0) is 0 Å². The third-order valence-corrected chi connectivity index (χ3v) is 4.65. The van der Waals surface area contributed by atoms with E-state index in [-0.39, 0.29) is 28.3 Å². The summed E-state index contributed by atoms with van der Waals surface area (Å²) in [5, 5.41) is 27.7. The standard InChI is InChI=1S/C19H14F3N11S/c1-11(31-13-4-12(5-24)8-33(30-7-13)29-3-2-23)14(6-25)16(19(20,21)22)32-17-15-18(27-9-26-17)34-10-28-15/h2-4,6-10,23,31H,1,25H2/b14-6?,23-2?,29-3-,32-16?. The molecule has 3 heterocycles. The summed E-state index contributed by atoms with van der Waals surface area (Å²) in [4.78, 5) is 15.8. The van der Waals surface area contributed by atoms with Crippen molar-refractivity contribution in [3.8, 4) is 6.07 Å². The van der Waals surface area contributed by atoms with E-state index in [9.17, 15) is 18.4 Å². The maximum atomic E-state index is 14.0. The lowest BCUT2D eigenvalue weighted by molar-refractivity contribution is -0.0581. The first-order chi connectivity index (χ1) is 16.3. The number of hydrogen-bond donors (Lipinski definition) is 3. The molecule has 1 aliphatic rings. The van der Waals surface area contributed by atoms with Crippen molar-refractivity contribution < 1.29 is 13.2 Å². The van der Waals surface area contributed by atoms with Crippen LogP contribution in [0, 0.1) is 16.7 Å². The van der Waals surface area contributed by atoms with Crippen molar-refractivity contribution >= 4 is 51.9 Å². The fourth-order valence-corrected chi connectivity index (χ4v) is 3.15. The van der Waals surface area contributed by atoms with Crippen LogP contribution in [0.1, 0.15) is 0 Å². The molecule has 0 amide bonds. The van der Waals surface area contributed by atoms with E-state index in [0.717, 1.165) is 35.2 Å². The van der Waals surface area contributed by atoms with Gasteiger partial charge in [-0.1, -0.05) is 6.58 Å². The van der Waals surface area contributed by atoms with E-state index in [1.165, 1.54) is 24.0 Å². The zero-order valence-electron chi connectivity index (χ0n) is 17.0. The van der Waals surface area contributed by atoms with Gasteiger partial charge in [-0.3, -0.25) is 0 Å². The highest BCUT2D eigenvalue weighted by atomic mass is 32.1. The number of fused-ring (bicyclic) bond motifs is 1. The van der Waals surface area contributed by atoms with Crippen LogP contribution < -0.4 is 11.1 Å². The van der Waals surface area contributed by atoms with E-state index < -0.39 is 17.5 Å². The van der Waals surface area contributed by atoms with E-state index in [0.29, 0.717) is 11.0 Å². The predicted molar refractivity (Wildman–Crippen MR) is 122 cm³/mol. The summed E-state index contributed by atoms with van der Waals surface area (Å²) in [6, 6.07) is 1.89. The summed E-state index contributed by atoms with van der Waals surface area (Å²) in [6.07, 6.45) is 2.66. The normalized spacial score (nSPS) is 15.1. The number of halogens is 3. The number of nitrogens with zero attached hydrogens (tertiary/aromatic N) is 8. The van der Waals surface area contributed by atoms with Crippen molar-refractivity contribution in [2.24, 2.45) is 20.9 Å². The van der Waals surface area contributed by atoms with Gasteiger partial charge in [0.05, 0.1) is 35.4 Å². The van der Waals surface area contributed by atoms with Crippen molar-refractivity contribution in [1.82, 2.24) is 25.4 Å². The van der Waals surface area contributed by atoms with Crippen LogP contribution in [0.15, 0.2) is 74.6 Å². The van der Waals surface area contributed by atoms with Crippen LogP contribution in [0.3, 0.4) is 0 Å². The number of nitrogens with two attached hydrogens (primary N) is 1. The lowest BCUT2D eigenvalue weighted by atomic mass is 10.1. The Morgan fingerprint density at radius 1 is 1.35 bits per heavy atom. The Hall–Kier alpha value is -4.71. The molecule has 0 atom stereocenters. The van der Waals surface area contributed by atoms with Crippen molar-refractivity contribution in [3.63, 3.8) is 0 Å². The summed E-state index contributed by atoms with van der Waals surface area (Å²) in [6.45, 7) is 3.63. The number of hydrogen-bond acceptors (Lipinski definition) is 12. The monoisotopic (exact) mass is 485 g/mol. The number of aliphatic imine (C=N–C) groups is 1. The largest absolute Gasteiger partial charge is 0.434 e. The van der Waals surface area contributed by atoms with Gasteiger partial charge in [0.15, 0.2) is 11.5 Å². The molecule has 2 aromatic heterocycles. The average molecular weight is 485 g/mol. The van der Waals surface area contributed by atoms with Crippen molar-refractivity contribution in [2.75, 3.05) is 0 Å². The highest BCUT2D eigenvalue weighted by Crippen LogP contribution is 2.30. The van der Waals surface area contributed by atoms with Gasteiger partial charge in [0.2, 0.25) is 0 Å². The van der Waals surface area contributed by atoms with Crippen LogP contribution >= 0.6 is 11.3 Å². The molecule has 0 fully saturated rings. The van der Waals surface area contributed by atoms with Crippen molar-refractivity contribution in [1.29, 1.82) is 10.7 Å². The Balaban J connectivity index is 1.96. The average Bonchev–Trinajstić information content (AvgIpc) is 3.20. The molecule has 0 unspecified atom stereocenters. The molecule has 0 saturated heterocycles. The minimum atomic E-state index is -4.93. The minimum absolute atomic E-state index is 0.0739. The second-order valence-corrected chi connectivity index (χ2v) is 6.97. The number of alkyl halides is 3. The van der Waals surface area contributed by atoms with Crippen LogP contribution in [0.4, 0.5) is 19.0 Å². The molecule has 2 aromatic rings. The van der Waals surface area contributed by atoms with Crippen LogP contribution in [0.2, 0.25) is 0 Å². The minimum Gasteiger partial charge on any atom is -0.404 e. The molecule has 0 aromatic carbocycles. The Bertz CT molecular complexity index is 1340. The molecule has 11 nitrogen and oxygen atoms in total. The first kappa shape index (κ1) is 23.9. The van der Waals surface area contributed by atoms with Gasteiger partial charge in [0, 0.05) is 23.7 Å². The van der Waals surface area contributed by atoms with E-state index in [1.54, 1.807) is 0 Å². The molecule has 34 heavy (non-hydrogen) atoms. The van der Waals surface area contributed by atoms with Crippen molar-refractivity contribution in [2.45, 2.75) is 6.18 Å². The van der Waals surface area contributed by atoms with Crippen molar-refractivity contribution in [3.05, 3.63) is 59.4 Å². The van der Waals surface area contributed by atoms with Crippen LogP contribution in [0.25, 0.3) is 10.3 Å². The van der Waals surface area contributed by atoms with Gasteiger partial charge in [-0.15, -0.1) is 11.3 Å². The number of hydrazone groups is 2. The highest BCUT2D eigenvalue weighted by molar-refractivity contribution is 7.16. The van der Waals surface area contributed by atoms with E-state index in [4.69, 9.17) is 11.1 Å². The third-order valence-electron chi connectivity index (χ3n) is 3.91. The molecule has 0 saturated carbocycles. The third kappa shape index (κ3) is 5.55. The van der Waals surface area contributed by atoms with E-state index in [1.807, 2.05) is 6.07 Å². The molecule has 0 spiro atoms. The van der Waals surface area contributed by atoms with Gasteiger partial charge in [0.1, 0.15) is 22.7 Å². The van der Waals surface area contributed by atoms with Gasteiger partial charge in [-0.25, -0.2) is 19.9 Å². The zero-order chi connectivity index (χ0) is 24.7. The molecule has 172 valence electrons. The smallest absolute Gasteiger partial charge is 0.404 e.